The van der Waals surface area contributed by atoms with Gasteiger partial charge in [0.05, 0.1) is 19.1 Å². The lowest BCUT2D eigenvalue weighted by Crippen LogP contribution is -2.41. The third-order valence-corrected chi connectivity index (χ3v) is 6.38. The zero-order valence-corrected chi connectivity index (χ0v) is 24.5. The molecule has 0 aliphatic heterocycles. The van der Waals surface area contributed by atoms with Crippen LogP contribution in [0.25, 0.3) is 17.7 Å². The number of anilines is 1. The molecular weight excluding hydrogens is 574 g/mol. The molecule has 0 unspecified atom stereocenters. The van der Waals surface area contributed by atoms with Gasteiger partial charge in [-0.25, -0.2) is 28.2 Å². The molecule has 0 saturated heterocycles. The Morgan fingerprint density at radius 1 is 0.930 bits per heavy atom. The van der Waals surface area contributed by atoms with Crippen molar-refractivity contribution in [1.29, 1.82) is 0 Å². The monoisotopic (exact) mass is 605 g/mol. The van der Waals surface area contributed by atoms with Crippen molar-refractivity contribution in [2.75, 3.05) is 25.0 Å². The first kappa shape index (κ1) is 30.7. The highest BCUT2D eigenvalue weighted by molar-refractivity contribution is 7.95. The second-order valence-electron chi connectivity index (χ2n) is 9.12. The summed E-state index contributed by atoms with van der Waals surface area (Å²) in [5, 5.41) is 6.40. The largest absolute Gasteiger partial charge is 0.493 e. The van der Waals surface area contributed by atoms with Crippen LogP contribution in [0.4, 0.5) is 10.6 Å². The molecule has 0 atom stereocenters. The van der Waals surface area contributed by atoms with Gasteiger partial charge in [-0.05, 0) is 43.7 Å². The van der Waals surface area contributed by atoms with E-state index in [1.165, 1.54) is 25.6 Å². The molecule has 4 rings (SSSR count). The van der Waals surface area contributed by atoms with Crippen LogP contribution in [0.15, 0.2) is 78.5 Å². The number of hydrogen-bond donors (Lipinski definition) is 3. The second-order valence-corrected chi connectivity index (χ2v) is 10.7. The SMILES string of the molecule is COc1ccccc1Oc1c(NS(=O)(=O)/C=C/c2ccccc2)nc(-c2ncccn2)nc1OCCNC(=O)NC(C)C. The van der Waals surface area contributed by atoms with Gasteiger partial charge in [-0.3, -0.25) is 4.72 Å². The number of carbonyl (C=O) groups is 1. The summed E-state index contributed by atoms with van der Waals surface area (Å²) in [5.74, 6) is 0.197. The lowest BCUT2D eigenvalue weighted by atomic mass is 10.2. The van der Waals surface area contributed by atoms with Crippen molar-refractivity contribution < 1.29 is 27.4 Å². The first-order valence-electron chi connectivity index (χ1n) is 13.2. The summed E-state index contributed by atoms with van der Waals surface area (Å²) < 4.78 is 46.3. The third kappa shape index (κ3) is 9.13. The maximum Gasteiger partial charge on any atom is 0.315 e. The van der Waals surface area contributed by atoms with Crippen molar-refractivity contribution in [3.63, 3.8) is 0 Å². The molecule has 2 aromatic carbocycles. The summed E-state index contributed by atoms with van der Waals surface area (Å²) in [7, 11) is -2.65. The minimum absolute atomic E-state index is 0.0294. The number of ether oxygens (including phenoxy) is 3. The highest BCUT2D eigenvalue weighted by Crippen LogP contribution is 2.41. The van der Waals surface area contributed by atoms with Crippen LogP contribution < -0.4 is 29.6 Å². The van der Waals surface area contributed by atoms with Gasteiger partial charge in [0.1, 0.15) is 6.61 Å². The van der Waals surface area contributed by atoms with Crippen molar-refractivity contribution in [2.24, 2.45) is 0 Å². The van der Waals surface area contributed by atoms with Crippen LogP contribution in [-0.2, 0) is 10.0 Å². The smallest absolute Gasteiger partial charge is 0.315 e. The van der Waals surface area contributed by atoms with E-state index in [-0.39, 0.29) is 60.1 Å². The van der Waals surface area contributed by atoms with Crippen LogP contribution in [0.1, 0.15) is 19.4 Å². The number of carbonyl (C=O) groups excluding carboxylic acids is 1. The summed E-state index contributed by atoms with van der Waals surface area (Å²) in [6, 6.07) is 16.9. The summed E-state index contributed by atoms with van der Waals surface area (Å²) >= 11 is 0. The van der Waals surface area contributed by atoms with Gasteiger partial charge in [-0.2, -0.15) is 4.98 Å². The van der Waals surface area contributed by atoms with Gasteiger partial charge in [-0.15, -0.1) is 0 Å². The lowest BCUT2D eigenvalue weighted by Gasteiger charge is -2.18. The Kier molecular flexibility index (Phi) is 10.4. The molecule has 3 N–H and O–H groups in total. The first-order chi connectivity index (χ1) is 20.7. The van der Waals surface area contributed by atoms with Gasteiger partial charge in [0, 0.05) is 18.4 Å². The highest BCUT2D eigenvalue weighted by atomic mass is 32.2. The van der Waals surface area contributed by atoms with Gasteiger partial charge in [0.2, 0.25) is 11.6 Å². The minimum atomic E-state index is -4.12. The molecule has 2 amide bonds. The molecule has 0 aliphatic carbocycles. The molecule has 224 valence electrons. The Morgan fingerprint density at radius 2 is 1.63 bits per heavy atom. The van der Waals surface area contributed by atoms with Crippen LogP contribution in [0.2, 0.25) is 0 Å². The maximum atomic E-state index is 13.2. The number of hydrogen-bond acceptors (Lipinski definition) is 10. The van der Waals surface area contributed by atoms with E-state index in [2.05, 4.69) is 35.3 Å². The molecule has 0 aliphatic rings. The molecule has 13 nitrogen and oxygen atoms in total. The Labute approximate surface area is 249 Å². The number of sulfonamides is 1. The molecule has 0 bridgehead atoms. The fourth-order valence-corrected chi connectivity index (χ4v) is 4.36. The predicted octanol–water partition coefficient (Wildman–Crippen LogP) is 4.23. The van der Waals surface area contributed by atoms with E-state index in [4.69, 9.17) is 14.2 Å². The number of rotatable bonds is 13. The van der Waals surface area contributed by atoms with Crippen molar-refractivity contribution >= 4 is 27.9 Å². The van der Waals surface area contributed by atoms with E-state index in [0.29, 0.717) is 11.3 Å². The van der Waals surface area contributed by atoms with E-state index in [9.17, 15) is 13.2 Å². The Balaban J connectivity index is 1.75. The van der Waals surface area contributed by atoms with Crippen molar-refractivity contribution in [2.45, 2.75) is 19.9 Å². The zero-order valence-electron chi connectivity index (χ0n) is 23.7. The van der Waals surface area contributed by atoms with E-state index in [1.54, 1.807) is 54.6 Å². The molecule has 43 heavy (non-hydrogen) atoms. The maximum absolute atomic E-state index is 13.2. The number of urea groups is 1. The number of amides is 2. The summed E-state index contributed by atoms with van der Waals surface area (Å²) in [4.78, 5) is 29.2. The fraction of sp³-hybridized carbons (Fsp3) is 0.207. The summed E-state index contributed by atoms with van der Waals surface area (Å²) in [6.07, 6.45) is 4.43. The second kappa shape index (κ2) is 14.6. The van der Waals surface area contributed by atoms with Crippen molar-refractivity contribution in [1.82, 2.24) is 30.6 Å². The standard InChI is InChI=1S/C29H31N7O6S/c1-20(2)33-29(37)32-17-18-41-28-24(42-23-13-8-7-12-22(23)40-3)25(34-27(35-28)26-30-15-9-16-31-26)36-43(38,39)19-14-21-10-5-4-6-11-21/h4-16,19-20H,17-18H2,1-3H3,(H2,32,33,37)(H,34,35,36)/b19-14+. The molecule has 2 heterocycles. The van der Waals surface area contributed by atoms with Crippen LogP contribution in [-0.4, -0.2) is 60.7 Å². The van der Waals surface area contributed by atoms with E-state index in [1.807, 2.05) is 19.9 Å². The minimum Gasteiger partial charge on any atom is -0.493 e. The molecule has 4 aromatic rings. The normalized spacial score (nSPS) is 11.3. The molecular formula is C29H31N7O6S. The number of aromatic nitrogens is 4. The number of benzene rings is 2. The first-order valence-corrected chi connectivity index (χ1v) is 14.7. The number of nitrogens with one attached hydrogen (secondary N) is 3. The third-order valence-electron chi connectivity index (χ3n) is 5.41. The fourth-order valence-electron chi connectivity index (χ4n) is 3.54. The van der Waals surface area contributed by atoms with E-state index < -0.39 is 10.0 Å². The van der Waals surface area contributed by atoms with Gasteiger partial charge >= 0.3 is 6.03 Å². The van der Waals surface area contributed by atoms with Crippen LogP contribution in [0, 0.1) is 0 Å². The zero-order chi connectivity index (χ0) is 30.7. The van der Waals surface area contributed by atoms with E-state index in [0.717, 1.165) is 5.41 Å². The van der Waals surface area contributed by atoms with Gasteiger partial charge in [0.15, 0.2) is 23.1 Å². The van der Waals surface area contributed by atoms with Crippen LogP contribution in [0.5, 0.6) is 23.1 Å². The molecule has 0 fully saturated rings. The highest BCUT2D eigenvalue weighted by Gasteiger charge is 2.24. The number of para-hydroxylation sites is 2. The van der Waals surface area contributed by atoms with Gasteiger partial charge < -0.3 is 24.8 Å². The van der Waals surface area contributed by atoms with Crippen LogP contribution in [0.3, 0.4) is 0 Å². The topological polar surface area (TPSA) is 167 Å². The quantitative estimate of drug-likeness (QED) is 0.188. The van der Waals surface area contributed by atoms with Crippen molar-refractivity contribution in [3.05, 3.63) is 84.0 Å². The Hall–Kier alpha value is -5.24. The molecule has 14 heteroatoms. The van der Waals surface area contributed by atoms with Crippen molar-refractivity contribution in [3.8, 4) is 34.8 Å². The molecule has 0 radical (unpaired) electrons. The molecule has 0 spiro atoms. The average molecular weight is 606 g/mol. The Bertz CT molecular complexity index is 1650. The number of nitrogens with zero attached hydrogens (tertiary/aromatic N) is 4. The van der Waals surface area contributed by atoms with Gasteiger partial charge in [-0.1, -0.05) is 42.5 Å². The Morgan fingerprint density at radius 3 is 2.33 bits per heavy atom. The van der Waals surface area contributed by atoms with E-state index >= 15 is 0 Å². The van der Waals surface area contributed by atoms with Crippen LogP contribution >= 0.6 is 0 Å². The summed E-state index contributed by atoms with van der Waals surface area (Å²) in [5.41, 5.74) is 0.678. The average Bonchev–Trinajstić information content (AvgIpc) is 3.00. The predicted molar refractivity (Wildman–Crippen MR) is 161 cm³/mol. The number of methoxy groups -OCH3 is 1. The lowest BCUT2D eigenvalue weighted by molar-refractivity contribution is 0.232. The summed E-state index contributed by atoms with van der Waals surface area (Å²) in [6.45, 7) is 3.74. The molecule has 2 aromatic heterocycles. The van der Waals surface area contributed by atoms with Gasteiger partial charge in [0.25, 0.3) is 15.9 Å². The molecule has 0 saturated carbocycles.